The van der Waals surface area contributed by atoms with Crippen molar-refractivity contribution in [2.75, 3.05) is 18.0 Å². The molecule has 1 saturated heterocycles. The maximum Gasteiger partial charge on any atom is 0.0560 e. The summed E-state index contributed by atoms with van der Waals surface area (Å²) >= 11 is 0. The molecule has 3 nitrogen and oxygen atoms in total. The zero-order valence-corrected chi connectivity index (χ0v) is 11.6. The van der Waals surface area contributed by atoms with Crippen molar-refractivity contribution in [3.8, 4) is 0 Å². The maximum atomic E-state index is 5.66. The third-order valence-corrected chi connectivity index (χ3v) is 4.09. The van der Waals surface area contributed by atoms with Gasteiger partial charge in [0, 0.05) is 31.5 Å². The van der Waals surface area contributed by atoms with Gasteiger partial charge < -0.3 is 10.6 Å². The van der Waals surface area contributed by atoms with Crippen LogP contribution in [0.5, 0.6) is 0 Å². The van der Waals surface area contributed by atoms with Crippen LogP contribution < -0.4 is 10.6 Å². The van der Waals surface area contributed by atoms with E-state index in [-0.39, 0.29) is 0 Å². The van der Waals surface area contributed by atoms with Crippen LogP contribution in [0.2, 0.25) is 0 Å². The Labute approximate surface area is 110 Å². The molecule has 3 heteroatoms. The van der Waals surface area contributed by atoms with E-state index in [1.54, 1.807) is 0 Å². The van der Waals surface area contributed by atoms with Crippen LogP contribution in [0.3, 0.4) is 0 Å². The van der Waals surface area contributed by atoms with E-state index in [0.717, 1.165) is 30.6 Å². The van der Waals surface area contributed by atoms with Crippen molar-refractivity contribution >= 4 is 5.69 Å². The zero-order chi connectivity index (χ0) is 13.0. The summed E-state index contributed by atoms with van der Waals surface area (Å²) in [5, 5.41) is 0. The van der Waals surface area contributed by atoms with Gasteiger partial charge in [0.1, 0.15) is 0 Å². The van der Waals surface area contributed by atoms with Crippen molar-refractivity contribution < 1.29 is 0 Å². The van der Waals surface area contributed by atoms with E-state index < -0.39 is 0 Å². The average Bonchev–Trinajstić information content (AvgIpc) is 2.64. The van der Waals surface area contributed by atoms with Crippen molar-refractivity contribution in [1.29, 1.82) is 0 Å². The largest absolute Gasteiger partial charge is 0.371 e. The van der Waals surface area contributed by atoms with E-state index in [9.17, 15) is 0 Å². The standard InChI is InChI=1S/C15H25N3/c1-12(2)13-4-3-8-18(9-6-13)15-5-7-17-14(10-15)11-16/h5,7,10,12-13H,3-4,6,8-9,11,16H2,1-2H3. The summed E-state index contributed by atoms with van der Waals surface area (Å²) in [4.78, 5) is 6.76. The monoisotopic (exact) mass is 247 g/mol. The van der Waals surface area contributed by atoms with Gasteiger partial charge in [0.25, 0.3) is 0 Å². The summed E-state index contributed by atoms with van der Waals surface area (Å²) in [5.74, 6) is 1.69. The van der Waals surface area contributed by atoms with Crippen molar-refractivity contribution in [2.24, 2.45) is 17.6 Å². The molecule has 1 aliphatic heterocycles. The fraction of sp³-hybridized carbons (Fsp3) is 0.667. The van der Waals surface area contributed by atoms with Gasteiger partial charge in [-0.25, -0.2) is 0 Å². The molecular formula is C15H25N3. The SMILES string of the molecule is CC(C)C1CCCN(c2ccnc(CN)c2)CC1. The molecule has 0 bridgehead atoms. The number of pyridine rings is 1. The third kappa shape index (κ3) is 3.22. The van der Waals surface area contributed by atoms with Gasteiger partial charge in [0.15, 0.2) is 0 Å². The number of hydrogen-bond donors (Lipinski definition) is 1. The molecule has 1 fully saturated rings. The lowest BCUT2D eigenvalue weighted by atomic mass is 9.89. The number of nitrogens with two attached hydrogens (primary N) is 1. The fourth-order valence-corrected chi connectivity index (χ4v) is 2.82. The number of nitrogens with zero attached hydrogens (tertiary/aromatic N) is 2. The molecule has 1 unspecified atom stereocenters. The molecule has 0 amide bonds. The lowest BCUT2D eigenvalue weighted by Crippen LogP contribution is -2.24. The van der Waals surface area contributed by atoms with Crippen molar-refractivity contribution in [1.82, 2.24) is 4.98 Å². The Hall–Kier alpha value is -1.09. The Balaban J connectivity index is 2.04. The average molecular weight is 247 g/mol. The molecule has 1 aliphatic rings. The van der Waals surface area contributed by atoms with E-state index in [1.165, 1.54) is 24.9 Å². The minimum atomic E-state index is 0.524. The molecule has 0 aliphatic carbocycles. The fourth-order valence-electron chi connectivity index (χ4n) is 2.82. The third-order valence-electron chi connectivity index (χ3n) is 4.09. The summed E-state index contributed by atoms with van der Waals surface area (Å²) < 4.78 is 0. The maximum absolute atomic E-state index is 5.66. The molecule has 2 N–H and O–H groups in total. The highest BCUT2D eigenvalue weighted by molar-refractivity contribution is 5.46. The Bertz CT molecular complexity index is 376. The predicted octanol–water partition coefficient (Wildman–Crippen LogP) is 2.80. The second kappa shape index (κ2) is 6.19. The molecule has 100 valence electrons. The Morgan fingerprint density at radius 3 is 2.94 bits per heavy atom. The van der Waals surface area contributed by atoms with Gasteiger partial charge in [-0.3, -0.25) is 4.98 Å². The van der Waals surface area contributed by atoms with Crippen LogP contribution in [0.15, 0.2) is 18.3 Å². The van der Waals surface area contributed by atoms with E-state index in [0.29, 0.717) is 6.54 Å². The van der Waals surface area contributed by atoms with E-state index in [4.69, 9.17) is 5.73 Å². The molecule has 1 aromatic heterocycles. The first-order valence-electron chi connectivity index (χ1n) is 7.10. The molecule has 2 heterocycles. The van der Waals surface area contributed by atoms with Crippen LogP contribution >= 0.6 is 0 Å². The lowest BCUT2D eigenvalue weighted by Gasteiger charge is -2.23. The summed E-state index contributed by atoms with van der Waals surface area (Å²) in [6, 6.07) is 4.24. The minimum Gasteiger partial charge on any atom is -0.371 e. The van der Waals surface area contributed by atoms with Crippen molar-refractivity contribution in [3.05, 3.63) is 24.0 Å². The van der Waals surface area contributed by atoms with Crippen LogP contribution in [-0.2, 0) is 6.54 Å². The normalized spacial score (nSPS) is 21.1. The van der Waals surface area contributed by atoms with Gasteiger partial charge >= 0.3 is 0 Å². The highest BCUT2D eigenvalue weighted by Gasteiger charge is 2.19. The molecule has 0 radical (unpaired) electrons. The Morgan fingerprint density at radius 2 is 2.22 bits per heavy atom. The number of rotatable bonds is 3. The summed E-state index contributed by atoms with van der Waals surface area (Å²) in [6.07, 6.45) is 5.84. The molecule has 18 heavy (non-hydrogen) atoms. The van der Waals surface area contributed by atoms with Gasteiger partial charge in [-0.15, -0.1) is 0 Å². The van der Waals surface area contributed by atoms with Crippen LogP contribution in [0, 0.1) is 11.8 Å². The van der Waals surface area contributed by atoms with Crippen LogP contribution in [0.25, 0.3) is 0 Å². The van der Waals surface area contributed by atoms with Gasteiger partial charge in [-0.05, 0) is 43.2 Å². The van der Waals surface area contributed by atoms with Gasteiger partial charge in [-0.1, -0.05) is 13.8 Å². The zero-order valence-electron chi connectivity index (χ0n) is 11.6. The quantitative estimate of drug-likeness (QED) is 0.893. The highest BCUT2D eigenvalue weighted by Crippen LogP contribution is 2.27. The number of hydrogen-bond acceptors (Lipinski definition) is 3. The topological polar surface area (TPSA) is 42.2 Å². The van der Waals surface area contributed by atoms with Crippen LogP contribution in [0.1, 0.15) is 38.8 Å². The van der Waals surface area contributed by atoms with Crippen LogP contribution in [0.4, 0.5) is 5.69 Å². The van der Waals surface area contributed by atoms with Crippen LogP contribution in [-0.4, -0.2) is 18.1 Å². The second-order valence-corrected chi connectivity index (χ2v) is 5.63. The van der Waals surface area contributed by atoms with E-state index in [1.807, 2.05) is 6.20 Å². The minimum absolute atomic E-state index is 0.524. The number of anilines is 1. The first kappa shape index (κ1) is 13.3. The summed E-state index contributed by atoms with van der Waals surface area (Å²) in [6.45, 7) is 7.54. The Kier molecular flexibility index (Phi) is 4.59. The van der Waals surface area contributed by atoms with Gasteiger partial charge in [0.05, 0.1) is 5.69 Å². The van der Waals surface area contributed by atoms with E-state index >= 15 is 0 Å². The second-order valence-electron chi connectivity index (χ2n) is 5.63. The lowest BCUT2D eigenvalue weighted by molar-refractivity contribution is 0.351. The smallest absolute Gasteiger partial charge is 0.0560 e. The molecule has 0 saturated carbocycles. The Morgan fingerprint density at radius 1 is 1.39 bits per heavy atom. The van der Waals surface area contributed by atoms with Crippen molar-refractivity contribution in [2.45, 2.75) is 39.7 Å². The molecule has 2 rings (SSSR count). The summed E-state index contributed by atoms with van der Waals surface area (Å²) in [5.41, 5.74) is 7.93. The number of aromatic nitrogens is 1. The molecular weight excluding hydrogens is 222 g/mol. The predicted molar refractivity (Wildman–Crippen MR) is 76.5 cm³/mol. The van der Waals surface area contributed by atoms with Gasteiger partial charge in [-0.2, -0.15) is 0 Å². The first-order valence-corrected chi connectivity index (χ1v) is 7.10. The molecule has 0 spiro atoms. The molecule has 1 aromatic rings. The first-order chi connectivity index (χ1) is 8.70. The van der Waals surface area contributed by atoms with E-state index in [2.05, 4.69) is 35.9 Å². The molecule has 0 aromatic carbocycles. The van der Waals surface area contributed by atoms with Crippen molar-refractivity contribution in [3.63, 3.8) is 0 Å². The highest BCUT2D eigenvalue weighted by atomic mass is 15.1. The summed E-state index contributed by atoms with van der Waals surface area (Å²) in [7, 11) is 0. The molecule has 1 atom stereocenters. The van der Waals surface area contributed by atoms with Gasteiger partial charge in [0.2, 0.25) is 0 Å².